The van der Waals surface area contributed by atoms with Gasteiger partial charge in [0.05, 0.1) is 19.3 Å². The Morgan fingerprint density at radius 3 is 1.96 bits per heavy atom. The molecule has 2 saturated heterocycles. The van der Waals surface area contributed by atoms with Crippen LogP contribution < -0.4 is 0 Å². The Kier molecular flexibility index (Phi) is 7.03. The molecule has 6 unspecified atom stereocenters. The van der Waals surface area contributed by atoms with E-state index in [2.05, 4.69) is 0 Å². The Hall–Kier alpha value is -0.730. The van der Waals surface area contributed by atoms with E-state index in [1.54, 1.807) is 0 Å². The van der Waals surface area contributed by atoms with E-state index in [1.807, 2.05) is 0 Å². The minimum Gasteiger partial charge on any atom is -0.394 e. The molecule has 3 fully saturated rings. The summed E-state index contributed by atoms with van der Waals surface area (Å²) in [4.78, 5) is 12.0. The van der Waals surface area contributed by atoms with Crippen LogP contribution in [0, 0.1) is 5.92 Å². The van der Waals surface area contributed by atoms with Crippen molar-refractivity contribution in [3.05, 3.63) is 0 Å². The van der Waals surface area contributed by atoms with Crippen molar-refractivity contribution < 1.29 is 54.8 Å². The average molecular weight is 408 g/mol. The summed E-state index contributed by atoms with van der Waals surface area (Å²) in [5.74, 6) is -0.134. The highest BCUT2D eigenvalue weighted by Crippen LogP contribution is 2.34. The van der Waals surface area contributed by atoms with Gasteiger partial charge in [-0.05, 0) is 12.8 Å². The molecule has 0 aromatic heterocycles. The number of carbonyl (C=O) groups is 1. The van der Waals surface area contributed by atoms with Crippen molar-refractivity contribution >= 4 is 5.78 Å². The number of ether oxygens (including phenoxy) is 3. The van der Waals surface area contributed by atoms with Gasteiger partial charge in [0.1, 0.15) is 54.6 Å². The first kappa shape index (κ1) is 22.0. The van der Waals surface area contributed by atoms with Crippen LogP contribution in [0.25, 0.3) is 0 Å². The van der Waals surface area contributed by atoms with Gasteiger partial charge in [-0.3, -0.25) is 4.79 Å². The lowest BCUT2D eigenvalue weighted by Crippen LogP contribution is -2.64. The molecule has 3 aliphatic rings. The maximum Gasteiger partial charge on any atom is 0.187 e. The van der Waals surface area contributed by atoms with Crippen molar-refractivity contribution in [3.63, 3.8) is 0 Å². The maximum absolute atomic E-state index is 12.0. The molecular formula is C17H28O11. The lowest BCUT2D eigenvalue weighted by molar-refractivity contribution is -0.341. The Morgan fingerprint density at radius 2 is 1.39 bits per heavy atom. The van der Waals surface area contributed by atoms with Crippen LogP contribution in [-0.4, -0.2) is 116 Å². The highest BCUT2D eigenvalue weighted by Gasteiger charge is 2.50. The molecule has 10 atom stereocenters. The zero-order valence-corrected chi connectivity index (χ0v) is 15.1. The Balaban J connectivity index is 1.68. The van der Waals surface area contributed by atoms with Crippen LogP contribution in [0.4, 0.5) is 0 Å². The van der Waals surface area contributed by atoms with Crippen molar-refractivity contribution in [2.24, 2.45) is 5.92 Å². The molecule has 0 amide bonds. The molecule has 1 aliphatic carbocycles. The van der Waals surface area contributed by atoms with Gasteiger partial charge in [-0.25, -0.2) is 0 Å². The fourth-order valence-corrected chi connectivity index (χ4v) is 3.61. The van der Waals surface area contributed by atoms with Crippen LogP contribution >= 0.6 is 0 Å². The molecular weight excluding hydrogens is 380 g/mol. The first-order valence-electron chi connectivity index (χ1n) is 9.39. The van der Waals surface area contributed by atoms with Crippen LogP contribution in [0.15, 0.2) is 0 Å². The molecule has 0 radical (unpaired) electrons. The second-order valence-corrected chi connectivity index (χ2v) is 7.62. The van der Waals surface area contributed by atoms with Gasteiger partial charge in [-0.15, -0.1) is 0 Å². The standard InChI is InChI=1S/C17H28O11/c18-4-9-12(22)13(23)15(25)17(27-9)28-16-10(5-19)26-8(11(21)14(16)24)3-7(20)6-1-2-6/h6,8-19,21-25H,1-5H2/t8-,9?,10?,11?,12-,13?,14?,15?,16+,17-/m0/s1. The molecule has 3 rings (SSSR count). The van der Waals surface area contributed by atoms with Gasteiger partial charge in [-0.1, -0.05) is 0 Å². The van der Waals surface area contributed by atoms with Crippen molar-refractivity contribution in [2.45, 2.75) is 80.5 Å². The summed E-state index contributed by atoms with van der Waals surface area (Å²) in [6.45, 7) is -1.27. The average Bonchev–Trinajstić information content (AvgIpc) is 3.52. The summed E-state index contributed by atoms with van der Waals surface area (Å²) in [6.07, 6.45) is -12.9. The lowest BCUT2D eigenvalue weighted by atomic mass is 9.91. The van der Waals surface area contributed by atoms with Crippen LogP contribution in [-0.2, 0) is 19.0 Å². The van der Waals surface area contributed by atoms with Crippen molar-refractivity contribution in [2.75, 3.05) is 13.2 Å². The van der Waals surface area contributed by atoms with E-state index < -0.39 is 74.4 Å². The van der Waals surface area contributed by atoms with Gasteiger partial charge in [0.2, 0.25) is 0 Å². The van der Waals surface area contributed by atoms with E-state index in [0.29, 0.717) is 0 Å². The fraction of sp³-hybridized carbons (Fsp3) is 0.941. The van der Waals surface area contributed by atoms with E-state index in [-0.39, 0.29) is 18.1 Å². The number of aliphatic hydroxyl groups excluding tert-OH is 7. The number of hydrogen-bond donors (Lipinski definition) is 7. The third kappa shape index (κ3) is 4.38. The molecule has 0 bridgehead atoms. The van der Waals surface area contributed by atoms with E-state index in [9.17, 15) is 40.5 Å². The van der Waals surface area contributed by atoms with Gasteiger partial charge in [0, 0.05) is 12.3 Å². The third-order valence-corrected chi connectivity index (χ3v) is 5.54. The first-order chi connectivity index (χ1) is 13.3. The number of Topliss-reactive ketones (excluding diaryl/α,β-unsaturated/α-hetero) is 1. The minimum absolute atomic E-state index is 0.0522. The molecule has 2 aliphatic heterocycles. The quantitative estimate of drug-likeness (QED) is 0.218. The number of ketones is 1. The summed E-state index contributed by atoms with van der Waals surface area (Å²) < 4.78 is 16.2. The van der Waals surface area contributed by atoms with E-state index >= 15 is 0 Å². The Bertz CT molecular complexity index is 537. The van der Waals surface area contributed by atoms with Gasteiger partial charge < -0.3 is 50.0 Å². The van der Waals surface area contributed by atoms with E-state index in [4.69, 9.17) is 14.2 Å². The highest BCUT2D eigenvalue weighted by molar-refractivity contribution is 5.83. The lowest BCUT2D eigenvalue weighted by Gasteiger charge is -2.46. The third-order valence-electron chi connectivity index (χ3n) is 5.54. The molecule has 7 N–H and O–H groups in total. The second kappa shape index (κ2) is 8.96. The molecule has 28 heavy (non-hydrogen) atoms. The SMILES string of the molecule is O=C(C[C@@H]1OC(CO)[C@@H](O[C@@H]2OC(CO)[C@H](O)C(O)C2O)C(O)C1O)C1CC1. The molecule has 0 spiro atoms. The van der Waals surface area contributed by atoms with Gasteiger partial charge >= 0.3 is 0 Å². The molecule has 11 heteroatoms. The van der Waals surface area contributed by atoms with E-state index in [0.717, 1.165) is 12.8 Å². The zero-order chi connectivity index (χ0) is 20.6. The largest absolute Gasteiger partial charge is 0.394 e. The summed E-state index contributed by atoms with van der Waals surface area (Å²) in [5, 5.41) is 69.3. The zero-order valence-electron chi connectivity index (χ0n) is 15.1. The van der Waals surface area contributed by atoms with Crippen LogP contribution in [0.1, 0.15) is 19.3 Å². The number of aliphatic hydroxyl groups is 7. The van der Waals surface area contributed by atoms with Crippen molar-refractivity contribution in [1.82, 2.24) is 0 Å². The predicted octanol–water partition coefficient (Wildman–Crippen LogP) is -3.98. The Morgan fingerprint density at radius 1 is 0.786 bits per heavy atom. The van der Waals surface area contributed by atoms with Crippen LogP contribution in [0.5, 0.6) is 0 Å². The van der Waals surface area contributed by atoms with Gasteiger partial charge in [0.15, 0.2) is 6.29 Å². The minimum atomic E-state index is -1.71. The predicted molar refractivity (Wildman–Crippen MR) is 88.7 cm³/mol. The molecule has 0 aromatic rings. The second-order valence-electron chi connectivity index (χ2n) is 7.62. The van der Waals surface area contributed by atoms with Crippen molar-refractivity contribution in [1.29, 1.82) is 0 Å². The molecule has 162 valence electrons. The van der Waals surface area contributed by atoms with Crippen LogP contribution in [0.2, 0.25) is 0 Å². The molecule has 2 heterocycles. The van der Waals surface area contributed by atoms with Gasteiger partial charge in [0.25, 0.3) is 0 Å². The van der Waals surface area contributed by atoms with E-state index in [1.165, 1.54) is 0 Å². The first-order valence-corrected chi connectivity index (χ1v) is 9.39. The Labute approximate surface area is 161 Å². The fourth-order valence-electron chi connectivity index (χ4n) is 3.61. The normalized spacial score (nSPS) is 47.1. The van der Waals surface area contributed by atoms with Crippen molar-refractivity contribution in [3.8, 4) is 0 Å². The monoisotopic (exact) mass is 408 g/mol. The number of rotatable bonds is 7. The summed E-state index contributed by atoms with van der Waals surface area (Å²) in [6, 6.07) is 0. The summed E-state index contributed by atoms with van der Waals surface area (Å²) in [7, 11) is 0. The smallest absolute Gasteiger partial charge is 0.187 e. The summed E-state index contributed by atoms with van der Waals surface area (Å²) >= 11 is 0. The molecule has 1 saturated carbocycles. The maximum atomic E-state index is 12.0. The number of hydrogen-bond acceptors (Lipinski definition) is 11. The summed E-state index contributed by atoms with van der Waals surface area (Å²) in [5.41, 5.74) is 0. The topological polar surface area (TPSA) is 186 Å². The highest BCUT2D eigenvalue weighted by atomic mass is 16.7. The molecule has 0 aromatic carbocycles. The molecule has 11 nitrogen and oxygen atoms in total. The number of carbonyl (C=O) groups excluding carboxylic acids is 1. The van der Waals surface area contributed by atoms with Crippen LogP contribution in [0.3, 0.4) is 0 Å². The van der Waals surface area contributed by atoms with Gasteiger partial charge in [-0.2, -0.15) is 0 Å².